The summed E-state index contributed by atoms with van der Waals surface area (Å²) in [5.41, 5.74) is 4.00. The molecule has 3 aromatic rings. The Morgan fingerprint density at radius 1 is 0.645 bits per heavy atom. The van der Waals surface area contributed by atoms with Gasteiger partial charge in [0.1, 0.15) is 0 Å². The smallest absolute Gasteiger partial charge is 0.238 e. The van der Waals surface area contributed by atoms with Crippen molar-refractivity contribution in [1.82, 2.24) is 0 Å². The zero-order valence-corrected chi connectivity index (χ0v) is 17.5. The first-order valence-corrected chi connectivity index (χ1v) is 10.9. The zero-order valence-electron chi connectivity index (χ0n) is 17.5. The minimum atomic E-state index is -0.407. The Kier molecular flexibility index (Phi) is 5.03. The van der Waals surface area contributed by atoms with Crippen LogP contribution in [0.3, 0.4) is 0 Å². The fourth-order valence-corrected chi connectivity index (χ4v) is 5.07. The molecule has 0 spiro atoms. The van der Waals surface area contributed by atoms with Crippen molar-refractivity contribution in [2.24, 2.45) is 11.8 Å². The molecule has 1 aliphatic carbocycles. The van der Waals surface area contributed by atoms with Crippen LogP contribution in [0.2, 0.25) is 0 Å². The van der Waals surface area contributed by atoms with Crippen LogP contribution in [0.15, 0.2) is 97.1 Å². The van der Waals surface area contributed by atoms with Crippen molar-refractivity contribution < 1.29 is 9.59 Å². The predicted molar refractivity (Wildman–Crippen MR) is 123 cm³/mol. The van der Waals surface area contributed by atoms with Crippen molar-refractivity contribution in [3.63, 3.8) is 0 Å². The maximum absolute atomic E-state index is 13.7. The van der Waals surface area contributed by atoms with E-state index in [0.717, 1.165) is 17.5 Å². The third kappa shape index (κ3) is 3.31. The number of imide groups is 1. The molecule has 0 bridgehead atoms. The summed E-state index contributed by atoms with van der Waals surface area (Å²) in [4.78, 5) is 28.9. The number of hydrogen-bond donors (Lipinski definition) is 0. The third-order valence-electron chi connectivity index (χ3n) is 6.67. The Morgan fingerprint density at radius 2 is 1.10 bits per heavy atom. The first-order valence-electron chi connectivity index (χ1n) is 10.9. The topological polar surface area (TPSA) is 37.4 Å². The highest BCUT2D eigenvalue weighted by Gasteiger charge is 2.55. The minimum absolute atomic E-state index is 0.0987. The van der Waals surface area contributed by atoms with Gasteiger partial charge in [-0.15, -0.1) is 0 Å². The van der Waals surface area contributed by atoms with E-state index in [2.05, 4.69) is 19.1 Å². The van der Waals surface area contributed by atoms with E-state index in [1.165, 1.54) is 10.5 Å². The average molecular weight is 408 g/mol. The van der Waals surface area contributed by atoms with Gasteiger partial charge in [0, 0.05) is 11.8 Å². The molecule has 1 heterocycles. The highest BCUT2D eigenvalue weighted by molar-refractivity contribution is 6.23. The van der Waals surface area contributed by atoms with Crippen LogP contribution >= 0.6 is 0 Å². The first-order chi connectivity index (χ1) is 15.2. The molecule has 1 aliphatic heterocycles. The van der Waals surface area contributed by atoms with Crippen molar-refractivity contribution in [2.75, 3.05) is 4.90 Å². The molecule has 31 heavy (non-hydrogen) atoms. The largest absolute Gasteiger partial charge is 0.274 e. The van der Waals surface area contributed by atoms with Gasteiger partial charge in [0.2, 0.25) is 11.8 Å². The van der Waals surface area contributed by atoms with Gasteiger partial charge in [-0.25, -0.2) is 4.90 Å². The van der Waals surface area contributed by atoms with Crippen molar-refractivity contribution in [2.45, 2.75) is 25.2 Å². The Hall–Kier alpha value is -3.46. The van der Waals surface area contributed by atoms with Gasteiger partial charge >= 0.3 is 0 Å². The number of aryl methyl sites for hydroxylation is 1. The second kappa shape index (κ2) is 7.99. The molecule has 3 nitrogen and oxygen atoms in total. The van der Waals surface area contributed by atoms with E-state index >= 15 is 0 Å². The predicted octanol–water partition coefficient (Wildman–Crippen LogP) is 5.49. The minimum Gasteiger partial charge on any atom is -0.274 e. The van der Waals surface area contributed by atoms with Gasteiger partial charge in [0.25, 0.3) is 0 Å². The Bertz CT molecular complexity index is 1050. The Balaban J connectivity index is 1.60. The summed E-state index contributed by atoms with van der Waals surface area (Å²) in [6, 6.07) is 27.9. The number of anilines is 1. The molecular formula is C28H25NO2. The normalized spacial score (nSPS) is 25.0. The molecule has 0 aromatic heterocycles. The lowest BCUT2D eigenvalue weighted by molar-refractivity contribution is -0.122. The number of carbonyl (C=O) groups is 2. The maximum atomic E-state index is 13.7. The summed E-state index contributed by atoms with van der Waals surface area (Å²) in [6.07, 6.45) is 5.18. The van der Waals surface area contributed by atoms with Gasteiger partial charge in [-0.2, -0.15) is 0 Å². The lowest BCUT2D eigenvalue weighted by atomic mass is 9.68. The molecule has 1 fully saturated rings. The molecule has 0 saturated carbocycles. The lowest BCUT2D eigenvalue weighted by Gasteiger charge is -2.32. The summed E-state index contributed by atoms with van der Waals surface area (Å²) < 4.78 is 0. The van der Waals surface area contributed by atoms with Gasteiger partial charge < -0.3 is 0 Å². The van der Waals surface area contributed by atoms with Gasteiger partial charge in [-0.05, 0) is 35.2 Å². The van der Waals surface area contributed by atoms with E-state index in [1.807, 2.05) is 84.9 Å². The maximum Gasteiger partial charge on any atom is 0.238 e. The van der Waals surface area contributed by atoms with E-state index in [-0.39, 0.29) is 23.7 Å². The molecule has 2 amide bonds. The molecule has 0 N–H and O–H groups in total. The SMILES string of the molecule is CCc1ccc(N2C(=O)C3C(c4ccccc4)C=CC(c4ccccc4)C3C2=O)cc1. The van der Waals surface area contributed by atoms with Crippen molar-refractivity contribution >= 4 is 17.5 Å². The molecule has 4 unspecified atom stereocenters. The average Bonchev–Trinajstić information content (AvgIpc) is 3.10. The van der Waals surface area contributed by atoms with Crippen molar-refractivity contribution in [1.29, 1.82) is 0 Å². The molecule has 154 valence electrons. The third-order valence-corrected chi connectivity index (χ3v) is 6.67. The van der Waals surface area contributed by atoms with E-state index in [4.69, 9.17) is 0 Å². The number of nitrogens with zero attached hydrogens (tertiary/aromatic N) is 1. The van der Waals surface area contributed by atoms with Crippen LogP contribution < -0.4 is 4.90 Å². The number of benzene rings is 3. The molecule has 3 aromatic carbocycles. The summed E-state index contributed by atoms with van der Waals surface area (Å²) in [5, 5.41) is 0. The van der Waals surface area contributed by atoms with Gasteiger partial charge in [-0.3, -0.25) is 9.59 Å². The first kappa shape index (κ1) is 19.5. The van der Waals surface area contributed by atoms with Gasteiger partial charge in [0.05, 0.1) is 17.5 Å². The number of allylic oxidation sites excluding steroid dienone is 2. The molecule has 3 heteroatoms. The van der Waals surface area contributed by atoms with Gasteiger partial charge in [0.15, 0.2) is 0 Å². The van der Waals surface area contributed by atoms with E-state index in [9.17, 15) is 9.59 Å². The van der Waals surface area contributed by atoms with E-state index in [0.29, 0.717) is 5.69 Å². The van der Waals surface area contributed by atoms with Crippen LogP contribution in [0, 0.1) is 11.8 Å². The van der Waals surface area contributed by atoms with E-state index in [1.54, 1.807) is 0 Å². The number of rotatable bonds is 4. The molecule has 2 aliphatic rings. The summed E-state index contributed by atoms with van der Waals surface area (Å²) >= 11 is 0. The zero-order chi connectivity index (χ0) is 21.4. The monoisotopic (exact) mass is 407 g/mol. The summed E-state index contributed by atoms with van der Waals surface area (Å²) in [5.74, 6) is -1.23. The van der Waals surface area contributed by atoms with Crippen LogP contribution in [-0.4, -0.2) is 11.8 Å². The summed E-state index contributed by atoms with van der Waals surface area (Å²) in [6.45, 7) is 2.09. The highest BCUT2D eigenvalue weighted by Crippen LogP contribution is 2.50. The highest BCUT2D eigenvalue weighted by atomic mass is 16.2. The number of amides is 2. The second-order valence-electron chi connectivity index (χ2n) is 8.34. The molecular weight excluding hydrogens is 382 g/mol. The Labute approximate surface area is 183 Å². The fourth-order valence-electron chi connectivity index (χ4n) is 5.07. The fraction of sp³-hybridized carbons (Fsp3) is 0.214. The van der Waals surface area contributed by atoms with Crippen LogP contribution in [0.5, 0.6) is 0 Å². The Morgan fingerprint density at radius 3 is 1.52 bits per heavy atom. The van der Waals surface area contributed by atoms with Crippen LogP contribution in [0.1, 0.15) is 35.4 Å². The number of fused-ring (bicyclic) bond motifs is 1. The van der Waals surface area contributed by atoms with E-state index < -0.39 is 11.8 Å². The number of hydrogen-bond acceptors (Lipinski definition) is 2. The molecule has 5 rings (SSSR count). The van der Waals surface area contributed by atoms with Crippen LogP contribution in [0.25, 0.3) is 0 Å². The molecule has 1 saturated heterocycles. The molecule has 4 atom stereocenters. The molecule has 0 radical (unpaired) electrons. The quantitative estimate of drug-likeness (QED) is 0.423. The van der Waals surface area contributed by atoms with Crippen molar-refractivity contribution in [3.05, 3.63) is 114 Å². The van der Waals surface area contributed by atoms with Gasteiger partial charge in [-0.1, -0.05) is 91.9 Å². The van der Waals surface area contributed by atoms with Crippen molar-refractivity contribution in [3.8, 4) is 0 Å². The standard InChI is InChI=1S/C28H25NO2/c1-2-19-13-15-22(16-14-19)29-27(30)25-23(20-9-5-3-6-10-20)17-18-24(26(25)28(29)31)21-11-7-4-8-12-21/h3-18,23-26H,2H2,1H3. The van der Waals surface area contributed by atoms with Crippen LogP contribution in [0.4, 0.5) is 5.69 Å². The summed E-state index contributed by atoms with van der Waals surface area (Å²) in [7, 11) is 0. The lowest BCUT2D eigenvalue weighted by Crippen LogP contribution is -2.31. The number of carbonyl (C=O) groups excluding carboxylic acids is 2. The van der Waals surface area contributed by atoms with Crippen LogP contribution in [-0.2, 0) is 16.0 Å². The second-order valence-corrected chi connectivity index (χ2v) is 8.34.